The van der Waals surface area contributed by atoms with Crippen LogP contribution in [0.15, 0.2) is 17.8 Å². The third kappa shape index (κ3) is 4.07. The Morgan fingerprint density at radius 1 is 1.50 bits per heavy atom. The Labute approximate surface area is 124 Å². The van der Waals surface area contributed by atoms with Crippen molar-refractivity contribution in [2.45, 2.75) is 37.4 Å². The van der Waals surface area contributed by atoms with E-state index in [1.165, 1.54) is 24.6 Å². The second-order valence-corrected chi connectivity index (χ2v) is 7.82. The topological polar surface area (TPSA) is 76.9 Å². The number of hydrogen-bond acceptors (Lipinski definition) is 5. The summed E-state index contributed by atoms with van der Waals surface area (Å²) in [6.07, 6.45) is 4.19. The van der Waals surface area contributed by atoms with Gasteiger partial charge in [-0.05, 0) is 19.8 Å². The maximum atomic E-state index is 11.3. The average Bonchev–Trinajstić information content (AvgIpc) is 3.19. The van der Waals surface area contributed by atoms with Crippen LogP contribution in [0.1, 0.15) is 31.5 Å². The first-order valence-electron chi connectivity index (χ1n) is 6.71. The van der Waals surface area contributed by atoms with Gasteiger partial charge in [-0.1, -0.05) is 17.8 Å². The van der Waals surface area contributed by atoms with Crippen molar-refractivity contribution in [2.24, 2.45) is 0 Å². The van der Waals surface area contributed by atoms with Crippen LogP contribution in [0.25, 0.3) is 0 Å². The van der Waals surface area contributed by atoms with Crippen molar-refractivity contribution < 1.29 is 8.42 Å². The molecule has 0 saturated heterocycles. The van der Waals surface area contributed by atoms with Crippen molar-refractivity contribution in [1.29, 1.82) is 0 Å². The minimum atomic E-state index is -3.11. The van der Waals surface area contributed by atoms with Crippen molar-refractivity contribution in [1.82, 2.24) is 19.5 Å². The van der Waals surface area contributed by atoms with E-state index in [9.17, 15) is 8.42 Å². The van der Waals surface area contributed by atoms with E-state index in [0.29, 0.717) is 24.8 Å². The van der Waals surface area contributed by atoms with Crippen molar-refractivity contribution in [2.75, 3.05) is 18.1 Å². The van der Waals surface area contributed by atoms with Gasteiger partial charge in [0.2, 0.25) is 10.0 Å². The molecule has 0 unspecified atom stereocenters. The molecule has 112 valence electrons. The maximum Gasteiger partial charge on any atom is 0.211 e. The fraction of sp³-hybridized carbons (Fsp3) is 0.667. The predicted molar refractivity (Wildman–Crippen MR) is 80.4 cm³/mol. The van der Waals surface area contributed by atoms with Gasteiger partial charge in [-0.25, -0.2) is 13.1 Å². The summed E-state index contributed by atoms with van der Waals surface area (Å²) in [5.74, 6) is 2.31. The van der Waals surface area contributed by atoms with Crippen molar-refractivity contribution in [3.63, 3.8) is 0 Å². The Bertz CT molecular complexity index is 564. The molecule has 1 saturated carbocycles. The van der Waals surface area contributed by atoms with Gasteiger partial charge in [0, 0.05) is 24.8 Å². The molecular weight excluding hydrogens is 296 g/mol. The first-order chi connectivity index (χ1) is 9.57. The largest absolute Gasteiger partial charge is 0.302 e. The molecule has 8 heteroatoms. The number of rotatable bonds is 9. The molecule has 0 radical (unpaired) electrons. The van der Waals surface area contributed by atoms with E-state index in [1.54, 1.807) is 6.92 Å². The lowest BCUT2D eigenvalue weighted by molar-refractivity contribution is 0.585. The van der Waals surface area contributed by atoms with Gasteiger partial charge in [0.05, 0.1) is 5.75 Å². The first-order valence-corrected chi connectivity index (χ1v) is 9.35. The number of thioether (sulfide) groups is 1. The summed E-state index contributed by atoms with van der Waals surface area (Å²) in [5, 5.41) is 9.28. The molecule has 1 N–H and O–H groups in total. The van der Waals surface area contributed by atoms with Crippen LogP contribution in [-0.4, -0.2) is 41.2 Å². The number of nitrogens with zero attached hydrogens (tertiary/aromatic N) is 3. The zero-order chi connectivity index (χ0) is 14.6. The van der Waals surface area contributed by atoms with E-state index in [1.807, 2.05) is 6.08 Å². The van der Waals surface area contributed by atoms with Crippen LogP contribution >= 0.6 is 11.8 Å². The van der Waals surface area contributed by atoms with Gasteiger partial charge in [0.15, 0.2) is 5.16 Å². The SMILES string of the molecule is C=CCn1c(SCCNS(=O)(=O)CC)nnc1C1CC1. The highest BCUT2D eigenvalue weighted by atomic mass is 32.2. The summed E-state index contributed by atoms with van der Waals surface area (Å²) in [6.45, 7) is 6.48. The Kier molecular flexibility index (Phi) is 5.22. The zero-order valence-corrected chi connectivity index (χ0v) is 13.2. The zero-order valence-electron chi connectivity index (χ0n) is 11.6. The molecule has 1 heterocycles. The number of sulfonamides is 1. The Hall–Kier alpha value is -0.860. The lowest BCUT2D eigenvalue weighted by atomic mass is 10.4. The quantitative estimate of drug-likeness (QED) is 0.423. The van der Waals surface area contributed by atoms with Crippen LogP contribution in [0.5, 0.6) is 0 Å². The highest BCUT2D eigenvalue weighted by molar-refractivity contribution is 7.99. The standard InChI is InChI=1S/C12H20N4O2S2/c1-3-8-16-11(10-5-6-10)14-15-12(16)19-9-7-13-20(17,18)4-2/h3,10,13H,1,4-9H2,2H3. The minimum Gasteiger partial charge on any atom is -0.302 e. The third-order valence-electron chi connectivity index (χ3n) is 3.03. The molecule has 1 fully saturated rings. The third-order valence-corrected chi connectivity index (χ3v) is 5.41. The Morgan fingerprint density at radius 3 is 2.85 bits per heavy atom. The highest BCUT2D eigenvalue weighted by Gasteiger charge is 2.30. The minimum absolute atomic E-state index is 0.107. The van der Waals surface area contributed by atoms with E-state index in [4.69, 9.17) is 0 Å². The second-order valence-electron chi connectivity index (χ2n) is 4.66. The van der Waals surface area contributed by atoms with Crippen molar-refractivity contribution in [3.8, 4) is 0 Å². The highest BCUT2D eigenvalue weighted by Crippen LogP contribution is 2.39. The van der Waals surface area contributed by atoms with Crippen LogP contribution in [0.2, 0.25) is 0 Å². The molecular formula is C12H20N4O2S2. The number of aromatic nitrogens is 3. The van der Waals surface area contributed by atoms with E-state index < -0.39 is 10.0 Å². The summed E-state index contributed by atoms with van der Waals surface area (Å²) >= 11 is 1.52. The molecule has 0 aliphatic heterocycles. The number of hydrogen-bond donors (Lipinski definition) is 1. The Morgan fingerprint density at radius 2 is 2.25 bits per heavy atom. The predicted octanol–water partition coefficient (Wildman–Crippen LogP) is 1.37. The average molecular weight is 316 g/mol. The molecule has 1 aliphatic rings. The molecule has 0 atom stereocenters. The fourth-order valence-electron chi connectivity index (χ4n) is 1.79. The van der Waals surface area contributed by atoms with Crippen LogP contribution in [0, 0.1) is 0 Å². The van der Waals surface area contributed by atoms with Crippen LogP contribution in [0.4, 0.5) is 0 Å². The molecule has 20 heavy (non-hydrogen) atoms. The van der Waals surface area contributed by atoms with Crippen LogP contribution < -0.4 is 4.72 Å². The van der Waals surface area contributed by atoms with Gasteiger partial charge in [0.25, 0.3) is 0 Å². The summed E-state index contributed by atoms with van der Waals surface area (Å²) in [7, 11) is -3.11. The van der Waals surface area contributed by atoms with Gasteiger partial charge in [-0.15, -0.1) is 16.8 Å². The molecule has 1 aliphatic carbocycles. The molecule has 0 aromatic carbocycles. The number of allylic oxidation sites excluding steroid dienone is 1. The fourth-order valence-corrected chi connectivity index (χ4v) is 3.35. The van der Waals surface area contributed by atoms with Crippen LogP contribution in [-0.2, 0) is 16.6 Å². The molecule has 2 rings (SSSR count). The first kappa shape index (κ1) is 15.5. The molecule has 6 nitrogen and oxygen atoms in total. The normalized spacial score (nSPS) is 15.4. The lowest BCUT2D eigenvalue weighted by Gasteiger charge is -2.07. The summed E-state index contributed by atoms with van der Waals surface area (Å²) in [4.78, 5) is 0. The summed E-state index contributed by atoms with van der Waals surface area (Å²) in [6, 6.07) is 0. The van der Waals surface area contributed by atoms with Gasteiger partial charge in [0.1, 0.15) is 5.82 Å². The van der Waals surface area contributed by atoms with Gasteiger partial charge in [-0.2, -0.15) is 0 Å². The van der Waals surface area contributed by atoms with E-state index in [2.05, 4.69) is 26.1 Å². The van der Waals surface area contributed by atoms with Gasteiger partial charge < -0.3 is 4.57 Å². The summed E-state index contributed by atoms with van der Waals surface area (Å²) < 4.78 is 27.2. The molecule has 1 aromatic heterocycles. The summed E-state index contributed by atoms with van der Waals surface area (Å²) in [5.41, 5.74) is 0. The second kappa shape index (κ2) is 6.73. The maximum absolute atomic E-state index is 11.3. The Balaban J connectivity index is 1.90. The molecule has 0 amide bonds. The van der Waals surface area contributed by atoms with E-state index >= 15 is 0 Å². The van der Waals surface area contributed by atoms with E-state index in [-0.39, 0.29) is 5.75 Å². The van der Waals surface area contributed by atoms with Crippen molar-refractivity contribution >= 4 is 21.8 Å². The molecule has 0 spiro atoms. The monoisotopic (exact) mass is 316 g/mol. The van der Waals surface area contributed by atoms with Crippen molar-refractivity contribution in [3.05, 3.63) is 18.5 Å². The van der Waals surface area contributed by atoms with Gasteiger partial charge >= 0.3 is 0 Å². The molecule has 0 bridgehead atoms. The van der Waals surface area contributed by atoms with Crippen LogP contribution in [0.3, 0.4) is 0 Å². The number of nitrogens with one attached hydrogen (secondary N) is 1. The lowest BCUT2D eigenvalue weighted by Crippen LogP contribution is -2.27. The van der Waals surface area contributed by atoms with Gasteiger partial charge in [-0.3, -0.25) is 0 Å². The molecule has 1 aromatic rings. The van der Waals surface area contributed by atoms with E-state index in [0.717, 1.165) is 11.0 Å². The smallest absolute Gasteiger partial charge is 0.211 e.